The third-order valence-electron chi connectivity index (χ3n) is 4.53. The second kappa shape index (κ2) is 5.38. The normalized spacial score (nSPS) is 31.2. The molecule has 17 heavy (non-hydrogen) atoms. The topological polar surface area (TPSA) is 46.3 Å². The van der Waals surface area contributed by atoms with Crippen LogP contribution in [0.15, 0.2) is 0 Å². The Balaban J connectivity index is 2.05. The van der Waals surface area contributed by atoms with Gasteiger partial charge in [-0.2, -0.15) is 0 Å². The van der Waals surface area contributed by atoms with Crippen molar-refractivity contribution < 1.29 is 4.79 Å². The molecule has 2 aliphatic rings. The van der Waals surface area contributed by atoms with E-state index in [4.69, 9.17) is 5.73 Å². The quantitative estimate of drug-likeness (QED) is 0.801. The van der Waals surface area contributed by atoms with E-state index in [9.17, 15) is 4.79 Å². The molecule has 0 aromatic carbocycles. The lowest BCUT2D eigenvalue weighted by atomic mass is 9.78. The van der Waals surface area contributed by atoms with Crippen LogP contribution in [0.5, 0.6) is 0 Å². The predicted molar refractivity (Wildman–Crippen MR) is 69.5 cm³/mol. The highest BCUT2D eigenvalue weighted by Gasteiger charge is 2.37. The Labute approximate surface area is 105 Å². The molecule has 1 amide bonds. The molecule has 1 aliphatic carbocycles. The van der Waals surface area contributed by atoms with E-state index >= 15 is 0 Å². The summed E-state index contributed by atoms with van der Waals surface area (Å²) in [5.74, 6) is 1.18. The van der Waals surface area contributed by atoms with Gasteiger partial charge in [0, 0.05) is 12.6 Å². The summed E-state index contributed by atoms with van der Waals surface area (Å²) < 4.78 is 0. The molecule has 0 unspecified atom stereocenters. The maximum absolute atomic E-state index is 12.4. The van der Waals surface area contributed by atoms with Crippen LogP contribution in [0.2, 0.25) is 0 Å². The van der Waals surface area contributed by atoms with Gasteiger partial charge in [-0.3, -0.25) is 4.79 Å². The molecule has 0 spiro atoms. The van der Waals surface area contributed by atoms with Crippen molar-refractivity contribution in [3.05, 3.63) is 0 Å². The fourth-order valence-corrected chi connectivity index (χ4v) is 3.38. The second-order valence-electron chi connectivity index (χ2n) is 6.06. The molecular formula is C14H26N2O. The van der Waals surface area contributed by atoms with Gasteiger partial charge in [0.1, 0.15) is 0 Å². The number of fused-ring (bicyclic) bond motifs is 1. The Hall–Kier alpha value is -0.570. The van der Waals surface area contributed by atoms with Crippen LogP contribution in [0.4, 0.5) is 0 Å². The molecule has 1 saturated carbocycles. The Morgan fingerprint density at radius 1 is 1.18 bits per heavy atom. The Kier molecular flexibility index (Phi) is 4.08. The van der Waals surface area contributed by atoms with E-state index < -0.39 is 0 Å². The molecule has 2 N–H and O–H groups in total. The molecule has 98 valence electrons. The summed E-state index contributed by atoms with van der Waals surface area (Å²) in [6, 6.07) is 0.186. The van der Waals surface area contributed by atoms with Crippen molar-refractivity contribution in [3.63, 3.8) is 0 Å². The van der Waals surface area contributed by atoms with Crippen LogP contribution in [-0.4, -0.2) is 29.4 Å². The van der Waals surface area contributed by atoms with E-state index in [1.807, 2.05) is 13.8 Å². The number of likely N-dealkylation sites (tertiary alicyclic amines) is 1. The number of hydrogen-bond donors (Lipinski definition) is 1. The SMILES string of the molecule is CC(C)[C@H](N)C(=O)N1CCC[C@H]2CCCC[C@H]21. The maximum atomic E-state index is 12.4. The van der Waals surface area contributed by atoms with Crippen LogP contribution in [0.25, 0.3) is 0 Å². The largest absolute Gasteiger partial charge is 0.338 e. The smallest absolute Gasteiger partial charge is 0.240 e. The molecule has 0 aromatic heterocycles. The van der Waals surface area contributed by atoms with Gasteiger partial charge in [-0.25, -0.2) is 0 Å². The molecule has 1 saturated heterocycles. The van der Waals surface area contributed by atoms with Gasteiger partial charge in [-0.15, -0.1) is 0 Å². The maximum Gasteiger partial charge on any atom is 0.240 e. The van der Waals surface area contributed by atoms with Gasteiger partial charge in [0.2, 0.25) is 5.91 Å². The first kappa shape index (κ1) is 12.9. The zero-order valence-corrected chi connectivity index (χ0v) is 11.2. The summed E-state index contributed by atoms with van der Waals surface area (Å²) in [6.07, 6.45) is 7.61. The molecule has 3 heteroatoms. The van der Waals surface area contributed by atoms with Crippen LogP contribution in [0, 0.1) is 11.8 Å². The van der Waals surface area contributed by atoms with Gasteiger partial charge in [0.25, 0.3) is 0 Å². The summed E-state index contributed by atoms with van der Waals surface area (Å²) >= 11 is 0. The van der Waals surface area contributed by atoms with Crippen LogP contribution < -0.4 is 5.73 Å². The van der Waals surface area contributed by atoms with Gasteiger partial charge < -0.3 is 10.6 Å². The molecule has 3 nitrogen and oxygen atoms in total. The molecule has 2 fully saturated rings. The molecule has 2 rings (SSSR count). The molecule has 3 atom stereocenters. The lowest BCUT2D eigenvalue weighted by Gasteiger charge is -2.45. The molecule has 1 aliphatic heterocycles. The standard InChI is InChI=1S/C14H26N2O/c1-10(2)13(15)14(17)16-9-5-7-11-6-3-4-8-12(11)16/h10-13H,3-9,15H2,1-2H3/t11-,12-,13+/m1/s1. The Morgan fingerprint density at radius 2 is 1.82 bits per heavy atom. The molecule has 0 radical (unpaired) electrons. The highest BCUT2D eigenvalue weighted by Crippen LogP contribution is 2.35. The third-order valence-corrected chi connectivity index (χ3v) is 4.53. The highest BCUT2D eigenvalue weighted by molar-refractivity contribution is 5.82. The summed E-state index contributed by atoms with van der Waals surface area (Å²) in [5.41, 5.74) is 6.02. The summed E-state index contributed by atoms with van der Waals surface area (Å²) in [4.78, 5) is 14.5. The minimum Gasteiger partial charge on any atom is -0.338 e. The van der Waals surface area contributed by atoms with Crippen LogP contribution in [-0.2, 0) is 4.79 Å². The third kappa shape index (κ3) is 2.65. The number of piperidine rings is 1. The molecular weight excluding hydrogens is 212 g/mol. The van der Waals surface area contributed by atoms with E-state index in [2.05, 4.69) is 4.90 Å². The minimum absolute atomic E-state index is 0.191. The van der Waals surface area contributed by atoms with Crippen molar-refractivity contribution >= 4 is 5.91 Å². The number of hydrogen-bond acceptors (Lipinski definition) is 2. The summed E-state index contributed by atoms with van der Waals surface area (Å²) in [5, 5.41) is 0. The van der Waals surface area contributed by atoms with Crippen LogP contribution in [0.1, 0.15) is 52.4 Å². The fraction of sp³-hybridized carbons (Fsp3) is 0.929. The highest BCUT2D eigenvalue weighted by atomic mass is 16.2. The lowest BCUT2D eigenvalue weighted by molar-refractivity contribution is -0.140. The van der Waals surface area contributed by atoms with E-state index in [1.54, 1.807) is 0 Å². The average Bonchev–Trinajstić information content (AvgIpc) is 2.36. The molecule has 1 heterocycles. The zero-order chi connectivity index (χ0) is 12.4. The van der Waals surface area contributed by atoms with Gasteiger partial charge in [-0.1, -0.05) is 26.7 Å². The van der Waals surface area contributed by atoms with Crippen molar-refractivity contribution in [3.8, 4) is 0 Å². The van der Waals surface area contributed by atoms with E-state index in [1.165, 1.54) is 32.1 Å². The average molecular weight is 238 g/mol. The van der Waals surface area contributed by atoms with E-state index in [-0.39, 0.29) is 17.9 Å². The lowest BCUT2D eigenvalue weighted by Crippen LogP contribution is -2.55. The number of rotatable bonds is 2. The summed E-state index contributed by atoms with van der Waals surface area (Å²) in [7, 11) is 0. The number of carbonyl (C=O) groups is 1. The second-order valence-corrected chi connectivity index (χ2v) is 6.06. The first-order chi connectivity index (χ1) is 8.11. The van der Waals surface area contributed by atoms with Gasteiger partial charge >= 0.3 is 0 Å². The van der Waals surface area contributed by atoms with Crippen molar-refractivity contribution in [2.24, 2.45) is 17.6 Å². The van der Waals surface area contributed by atoms with Crippen molar-refractivity contribution in [1.82, 2.24) is 4.90 Å². The van der Waals surface area contributed by atoms with Crippen LogP contribution >= 0.6 is 0 Å². The number of nitrogens with two attached hydrogens (primary N) is 1. The van der Waals surface area contributed by atoms with E-state index in [0.717, 1.165) is 18.9 Å². The van der Waals surface area contributed by atoms with Gasteiger partial charge in [0.05, 0.1) is 6.04 Å². The van der Waals surface area contributed by atoms with Gasteiger partial charge in [-0.05, 0) is 37.5 Å². The minimum atomic E-state index is -0.310. The first-order valence-corrected chi connectivity index (χ1v) is 7.17. The van der Waals surface area contributed by atoms with Crippen molar-refractivity contribution in [2.45, 2.75) is 64.5 Å². The molecule has 0 aromatic rings. The zero-order valence-electron chi connectivity index (χ0n) is 11.2. The molecule has 0 bridgehead atoms. The Bertz CT molecular complexity index is 275. The monoisotopic (exact) mass is 238 g/mol. The van der Waals surface area contributed by atoms with Gasteiger partial charge in [0.15, 0.2) is 0 Å². The predicted octanol–water partition coefficient (Wildman–Crippen LogP) is 2.15. The van der Waals surface area contributed by atoms with Crippen LogP contribution in [0.3, 0.4) is 0 Å². The number of nitrogens with zero attached hydrogens (tertiary/aromatic N) is 1. The number of carbonyl (C=O) groups excluding carboxylic acids is 1. The van der Waals surface area contributed by atoms with E-state index in [0.29, 0.717) is 6.04 Å². The fourth-order valence-electron chi connectivity index (χ4n) is 3.38. The van der Waals surface area contributed by atoms with Crippen molar-refractivity contribution in [2.75, 3.05) is 6.54 Å². The van der Waals surface area contributed by atoms with Crippen molar-refractivity contribution in [1.29, 1.82) is 0 Å². The summed E-state index contributed by atoms with van der Waals surface area (Å²) in [6.45, 7) is 5.00. The number of amides is 1. The Morgan fingerprint density at radius 3 is 2.53 bits per heavy atom. The first-order valence-electron chi connectivity index (χ1n) is 7.17.